The zero-order chi connectivity index (χ0) is 25.1. The van der Waals surface area contributed by atoms with Crippen molar-refractivity contribution in [3.05, 3.63) is 11.7 Å². The third-order valence-electron chi connectivity index (χ3n) is 8.66. The highest BCUT2D eigenvalue weighted by Gasteiger charge is 2.37. The van der Waals surface area contributed by atoms with Gasteiger partial charge in [-0.3, -0.25) is 4.79 Å². The van der Waals surface area contributed by atoms with Gasteiger partial charge in [-0.15, -0.1) is 0 Å². The van der Waals surface area contributed by atoms with Crippen LogP contribution in [0.15, 0.2) is 4.52 Å². The van der Waals surface area contributed by atoms with Crippen molar-refractivity contribution >= 4 is 16.1 Å². The largest absolute Gasteiger partial charge is 0.381 e. The molecule has 4 fully saturated rings. The van der Waals surface area contributed by atoms with Crippen LogP contribution in [0.1, 0.15) is 75.9 Å². The van der Waals surface area contributed by atoms with Gasteiger partial charge in [0.15, 0.2) is 5.82 Å². The molecule has 0 bridgehead atoms. The predicted octanol–water partition coefficient (Wildman–Crippen LogP) is 2.43. The van der Waals surface area contributed by atoms with Gasteiger partial charge in [-0.25, -0.2) is 0 Å². The Kier molecular flexibility index (Phi) is 8.29. The molecule has 5 rings (SSSR count). The Labute approximate surface area is 214 Å². The van der Waals surface area contributed by atoms with Crippen molar-refractivity contribution in [3.8, 4) is 0 Å². The minimum atomic E-state index is -3.41. The Morgan fingerprint density at radius 1 is 0.889 bits per heavy atom. The highest BCUT2D eigenvalue weighted by molar-refractivity contribution is 7.86. The van der Waals surface area contributed by atoms with Gasteiger partial charge in [0.25, 0.3) is 10.2 Å². The molecule has 0 radical (unpaired) electrons. The van der Waals surface area contributed by atoms with Crippen LogP contribution in [-0.4, -0.2) is 90.5 Å². The fourth-order valence-corrected chi connectivity index (χ4v) is 7.72. The normalized spacial score (nSPS) is 25.4. The van der Waals surface area contributed by atoms with Crippen molar-refractivity contribution in [2.45, 2.75) is 70.6 Å². The smallest absolute Gasteiger partial charge is 0.281 e. The molecular formula is C25H41N5O5S. The molecule has 0 aromatic carbocycles. The zero-order valence-electron chi connectivity index (χ0n) is 21.5. The highest BCUT2D eigenvalue weighted by atomic mass is 32.2. The summed E-state index contributed by atoms with van der Waals surface area (Å²) < 4.78 is 40.3. The molecular weight excluding hydrogens is 482 g/mol. The first kappa shape index (κ1) is 26.1. The first-order chi connectivity index (χ1) is 17.4. The molecule has 1 aromatic rings. The van der Waals surface area contributed by atoms with E-state index in [9.17, 15) is 13.2 Å². The van der Waals surface area contributed by atoms with Gasteiger partial charge in [-0.1, -0.05) is 12.1 Å². The minimum Gasteiger partial charge on any atom is -0.381 e. The molecule has 4 aliphatic rings. The van der Waals surface area contributed by atoms with Gasteiger partial charge in [-0.05, 0) is 63.2 Å². The van der Waals surface area contributed by atoms with Crippen LogP contribution in [-0.2, 0) is 26.2 Å². The summed E-state index contributed by atoms with van der Waals surface area (Å²) >= 11 is 0. The third kappa shape index (κ3) is 5.95. The highest BCUT2D eigenvalue weighted by Crippen LogP contribution is 2.29. The van der Waals surface area contributed by atoms with E-state index in [-0.39, 0.29) is 11.8 Å². The summed E-state index contributed by atoms with van der Waals surface area (Å²) in [5.74, 6) is 2.99. The van der Waals surface area contributed by atoms with Gasteiger partial charge in [0.05, 0.1) is 0 Å². The molecule has 202 valence electrons. The summed E-state index contributed by atoms with van der Waals surface area (Å²) in [7, 11) is -3.41. The lowest BCUT2D eigenvalue weighted by molar-refractivity contribution is -0.138. The van der Waals surface area contributed by atoms with Crippen molar-refractivity contribution < 1.29 is 22.5 Å². The molecule has 36 heavy (non-hydrogen) atoms. The Morgan fingerprint density at radius 3 is 2.14 bits per heavy atom. The molecule has 4 aliphatic heterocycles. The van der Waals surface area contributed by atoms with E-state index < -0.39 is 10.2 Å². The van der Waals surface area contributed by atoms with E-state index in [1.807, 2.05) is 4.90 Å². The van der Waals surface area contributed by atoms with Gasteiger partial charge in [0.2, 0.25) is 11.8 Å². The van der Waals surface area contributed by atoms with Crippen LogP contribution in [0.3, 0.4) is 0 Å². The van der Waals surface area contributed by atoms with Gasteiger partial charge in [-0.2, -0.15) is 22.0 Å². The number of likely N-dealkylation sites (tertiary alicyclic amines) is 1. The van der Waals surface area contributed by atoms with E-state index in [1.54, 1.807) is 8.61 Å². The fourth-order valence-electron chi connectivity index (χ4n) is 6.05. The Balaban J connectivity index is 1.05. The molecule has 0 unspecified atom stereocenters. The Morgan fingerprint density at radius 2 is 1.50 bits per heavy atom. The molecule has 10 nitrogen and oxygen atoms in total. The second kappa shape index (κ2) is 11.4. The van der Waals surface area contributed by atoms with E-state index in [0.717, 1.165) is 77.1 Å². The summed E-state index contributed by atoms with van der Waals surface area (Å²) in [5, 5.41) is 4.21. The van der Waals surface area contributed by atoms with Crippen molar-refractivity contribution in [1.29, 1.82) is 0 Å². The molecule has 11 heteroatoms. The first-order valence-corrected chi connectivity index (χ1v) is 15.2. The monoisotopic (exact) mass is 523 g/mol. The standard InChI is InChI=1S/C25H41N5O5S/c1-19-2-12-29(13-3-19)36(32,33)30-14-6-22(7-15-30)25(31)28-10-4-20(5-11-28)18-23-26-24(27-35-23)21-8-16-34-17-9-21/h19-22H,2-18H2,1H3. The van der Waals surface area contributed by atoms with Crippen LogP contribution >= 0.6 is 0 Å². The first-order valence-electron chi connectivity index (χ1n) is 13.8. The van der Waals surface area contributed by atoms with Crippen molar-refractivity contribution in [2.24, 2.45) is 17.8 Å². The average Bonchev–Trinajstić information content (AvgIpc) is 3.38. The molecule has 4 saturated heterocycles. The number of nitrogens with zero attached hydrogens (tertiary/aromatic N) is 5. The van der Waals surface area contributed by atoms with Crippen LogP contribution in [0.2, 0.25) is 0 Å². The van der Waals surface area contributed by atoms with E-state index >= 15 is 0 Å². The lowest BCUT2D eigenvalue weighted by atomic mass is 9.91. The maximum atomic E-state index is 13.2. The van der Waals surface area contributed by atoms with Crippen LogP contribution in [0.5, 0.6) is 0 Å². The predicted molar refractivity (Wildman–Crippen MR) is 133 cm³/mol. The number of hydrogen-bond donors (Lipinski definition) is 0. The van der Waals surface area contributed by atoms with Crippen LogP contribution in [0.25, 0.3) is 0 Å². The maximum Gasteiger partial charge on any atom is 0.281 e. The molecule has 1 aromatic heterocycles. The molecule has 0 saturated carbocycles. The van der Waals surface area contributed by atoms with Crippen molar-refractivity contribution in [2.75, 3.05) is 52.5 Å². The second-order valence-electron chi connectivity index (χ2n) is 11.2. The van der Waals surface area contributed by atoms with E-state index in [4.69, 9.17) is 9.26 Å². The van der Waals surface area contributed by atoms with Gasteiger partial charge in [0, 0.05) is 70.7 Å². The van der Waals surface area contributed by atoms with Crippen LogP contribution in [0.4, 0.5) is 0 Å². The molecule has 0 aliphatic carbocycles. The zero-order valence-corrected chi connectivity index (χ0v) is 22.3. The SMILES string of the molecule is CC1CCN(S(=O)(=O)N2CCC(C(=O)N3CCC(Cc4nc(C5CCOCC5)no4)CC3)CC2)CC1. The summed E-state index contributed by atoms with van der Waals surface area (Å²) in [6, 6.07) is 0. The number of amides is 1. The summed E-state index contributed by atoms with van der Waals surface area (Å²) in [4.78, 5) is 19.8. The molecule has 0 N–H and O–H groups in total. The molecule has 5 heterocycles. The van der Waals surface area contributed by atoms with Crippen molar-refractivity contribution in [1.82, 2.24) is 23.7 Å². The molecule has 1 amide bonds. The molecule has 0 atom stereocenters. The van der Waals surface area contributed by atoms with Crippen LogP contribution in [0, 0.1) is 17.8 Å². The topological polar surface area (TPSA) is 109 Å². The number of carbonyl (C=O) groups excluding carboxylic acids is 1. The number of carbonyl (C=O) groups is 1. The lowest BCUT2D eigenvalue weighted by Crippen LogP contribution is -2.51. The number of ether oxygens (including phenoxy) is 1. The number of rotatable bonds is 6. The third-order valence-corrected chi connectivity index (χ3v) is 10.7. The Hall–Kier alpha value is -1.56. The van der Waals surface area contributed by atoms with Gasteiger partial charge in [0.1, 0.15) is 0 Å². The maximum absolute atomic E-state index is 13.2. The summed E-state index contributed by atoms with van der Waals surface area (Å²) in [6.45, 7) is 7.28. The molecule has 0 spiro atoms. The van der Waals surface area contributed by atoms with Gasteiger partial charge >= 0.3 is 0 Å². The number of hydrogen-bond acceptors (Lipinski definition) is 7. The van der Waals surface area contributed by atoms with E-state index in [0.29, 0.717) is 62.7 Å². The quantitative estimate of drug-likeness (QED) is 0.563. The average molecular weight is 524 g/mol. The second-order valence-corrected chi connectivity index (χ2v) is 13.1. The number of aromatic nitrogens is 2. The summed E-state index contributed by atoms with van der Waals surface area (Å²) in [6.07, 6.45) is 7.59. The van der Waals surface area contributed by atoms with Gasteiger partial charge < -0.3 is 14.2 Å². The van der Waals surface area contributed by atoms with E-state index in [1.165, 1.54) is 0 Å². The van der Waals surface area contributed by atoms with E-state index in [2.05, 4.69) is 17.1 Å². The summed E-state index contributed by atoms with van der Waals surface area (Å²) in [5.41, 5.74) is 0. The fraction of sp³-hybridized carbons (Fsp3) is 0.880. The Bertz CT molecular complexity index is 971. The lowest BCUT2D eigenvalue weighted by Gasteiger charge is -2.39. The number of piperidine rings is 3. The van der Waals surface area contributed by atoms with Crippen LogP contribution < -0.4 is 0 Å². The minimum absolute atomic E-state index is 0.0765. The van der Waals surface area contributed by atoms with Crippen molar-refractivity contribution in [3.63, 3.8) is 0 Å².